The third-order valence-corrected chi connectivity index (χ3v) is 5.20. The van der Waals surface area contributed by atoms with Crippen LogP contribution in [0.5, 0.6) is 0 Å². The number of morpholine rings is 1. The van der Waals surface area contributed by atoms with E-state index in [1.807, 2.05) is 18.5 Å². The molecule has 0 bridgehead atoms. The zero-order chi connectivity index (χ0) is 18.9. The molecular weight excluding hydrogens is 348 g/mol. The van der Waals surface area contributed by atoms with Crippen molar-refractivity contribution in [3.63, 3.8) is 0 Å². The van der Waals surface area contributed by atoms with E-state index in [1.165, 1.54) is 16.5 Å². The number of hydrogen-bond donors (Lipinski definition) is 0. The van der Waals surface area contributed by atoms with Crippen molar-refractivity contribution in [1.29, 1.82) is 0 Å². The van der Waals surface area contributed by atoms with Gasteiger partial charge in [-0.2, -0.15) is 0 Å². The number of ether oxygens (including phenoxy) is 1. The summed E-state index contributed by atoms with van der Waals surface area (Å²) in [6.07, 6.45) is 3.86. The van der Waals surface area contributed by atoms with Crippen LogP contribution in [0.25, 0.3) is 27.8 Å². The van der Waals surface area contributed by atoms with Crippen LogP contribution in [0.2, 0.25) is 0 Å². The maximum atomic E-state index is 5.42. The average molecular weight is 370 g/mol. The minimum atomic E-state index is 0.729. The molecule has 0 amide bonds. The van der Waals surface area contributed by atoms with Gasteiger partial charge in [0.15, 0.2) is 0 Å². The summed E-state index contributed by atoms with van der Waals surface area (Å²) in [5, 5.41) is 1.21. The Labute approximate surface area is 164 Å². The van der Waals surface area contributed by atoms with E-state index in [-0.39, 0.29) is 0 Å². The van der Waals surface area contributed by atoms with Gasteiger partial charge in [0.1, 0.15) is 0 Å². The van der Waals surface area contributed by atoms with Crippen molar-refractivity contribution in [3.05, 3.63) is 72.6 Å². The summed E-state index contributed by atoms with van der Waals surface area (Å²) in [5.74, 6) is 0.769. The summed E-state index contributed by atoms with van der Waals surface area (Å²) in [6.45, 7) is 5.26. The zero-order valence-electron chi connectivity index (χ0n) is 15.9. The SMILES string of the molecule is Cc1ccc2cc(-c3cnc(N4CCOCC4)nc3)n(-c3ccccc3)c2c1. The number of aryl methyl sites for hydroxylation is 1. The molecule has 2 aromatic carbocycles. The van der Waals surface area contributed by atoms with Crippen LogP contribution in [0.15, 0.2) is 67.0 Å². The third-order valence-electron chi connectivity index (χ3n) is 5.20. The Morgan fingerprint density at radius 3 is 2.39 bits per heavy atom. The van der Waals surface area contributed by atoms with Crippen molar-refractivity contribution in [2.75, 3.05) is 31.2 Å². The smallest absolute Gasteiger partial charge is 0.225 e. The monoisotopic (exact) mass is 370 g/mol. The minimum absolute atomic E-state index is 0.729. The highest BCUT2D eigenvalue weighted by Gasteiger charge is 2.16. The average Bonchev–Trinajstić information content (AvgIpc) is 3.14. The number of para-hydroxylation sites is 1. The van der Waals surface area contributed by atoms with Gasteiger partial charge in [-0.3, -0.25) is 0 Å². The predicted octanol–water partition coefficient (Wildman–Crippen LogP) is 4.23. The molecule has 1 fully saturated rings. The summed E-state index contributed by atoms with van der Waals surface area (Å²) in [6, 6.07) is 19.2. The molecule has 0 N–H and O–H groups in total. The van der Waals surface area contributed by atoms with E-state index < -0.39 is 0 Å². The van der Waals surface area contributed by atoms with Gasteiger partial charge in [-0.15, -0.1) is 0 Å². The highest BCUT2D eigenvalue weighted by Crippen LogP contribution is 2.32. The molecule has 1 saturated heterocycles. The lowest BCUT2D eigenvalue weighted by atomic mass is 10.2. The van der Waals surface area contributed by atoms with Gasteiger partial charge in [0.25, 0.3) is 0 Å². The Hall–Kier alpha value is -3.18. The molecule has 0 saturated carbocycles. The van der Waals surface area contributed by atoms with Gasteiger partial charge < -0.3 is 14.2 Å². The van der Waals surface area contributed by atoms with Gasteiger partial charge in [-0.25, -0.2) is 9.97 Å². The zero-order valence-corrected chi connectivity index (χ0v) is 15.9. The molecule has 3 heterocycles. The normalized spacial score (nSPS) is 14.5. The van der Waals surface area contributed by atoms with Crippen LogP contribution in [0.1, 0.15) is 5.56 Å². The lowest BCUT2D eigenvalue weighted by Gasteiger charge is -2.26. The summed E-state index contributed by atoms with van der Waals surface area (Å²) in [7, 11) is 0. The third kappa shape index (κ3) is 3.04. The molecule has 5 heteroatoms. The number of hydrogen-bond acceptors (Lipinski definition) is 4. The number of nitrogens with zero attached hydrogens (tertiary/aromatic N) is 4. The van der Waals surface area contributed by atoms with E-state index in [1.54, 1.807) is 0 Å². The Bertz CT molecular complexity index is 1100. The quantitative estimate of drug-likeness (QED) is 0.541. The molecule has 4 aromatic rings. The van der Waals surface area contributed by atoms with Crippen LogP contribution in [-0.4, -0.2) is 40.8 Å². The molecule has 1 aliphatic rings. The number of fused-ring (bicyclic) bond motifs is 1. The Morgan fingerprint density at radius 1 is 0.893 bits per heavy atom. The molecule has 140 valence electrons. The molecule has 5 nitrogen and oxygen atoms in total. The number of anilines is 1. The standard InChI is InChI=1S/C23H22N4O/c1-17-7-8-18-14-22(27(21(18)13-17)20-5-3-2-4-6-20)19-15-24-23(25-16-19)26-9-11-28-12-10-26/h2-8,13-16H,9-12H2,1H3. The van der Waals surface area contributed by atoms with E-state index in [0.29, 0.717) is 0 Å². The van der Waals surface area contributed by atoms with Crippen molar-refractivity contribution in [1.82, 2.24) is 14.5 Å². The molecule has 2 aromatic heterocycles. The van der Waals surface area contributed by atoms with Crippen LogP contribution >= 0.6 is 0 Å². The molecule has 0 atom stereocenters. The van der Waals surface area contributed by atoms with Crippen LogP contribution in [0, 0.1) is 6.92 Å². The number of aromatic nitrogens is 3. The van der Waals surface area contributed by atoms with Crippen LogP contribution < -0.4 is 4.90 Å². The first-order valence-corrected chi connectivity index (χ1v) is 9.62. The highest BCUT2D eigenvalue weighted by atomic mass is 16.5. The molecule has 0 aliphatic carbocycles. The molecule has 0 unspecified atom stereocenters. The van der Waals surface area contributed by atoms with Crippen molar-refractivity contribution < 1.29 is 4.74 Å². The first-order chi connectivity index (χ1) is 13.8. The van der Waals surface area contributed by atoms with Gasteiger partial charge in [-0.05, 0) is 36.8 Å². The van der Waals surface area contributed by atoms with Gasteiger partial charge in [0.2, 0.25) is 5.95 Å². The molecule has 0 spiro atoms. The molecular formula is C23H22N4O. The van der Waals surface area contributed by atoms with Gasteiger partial charge in [0, 0.05) is 42.1 Å². The Balaban J connectivity index is 1.62. The maximum absolute atomic E-state index is 5.42. The highest BCUT2D eigenvalue weighted by molar-refractivity contribution is 5.89. The van der Waals surface area contributed by atoms with Crippen molar-refractivity contribution in [3.8, 4) is 16.9 Å². The van der Waals surface area contributed by atoms with E-state index in [0.717, 1.165) is 49.2 Å². The first kappa shape index (κ1) is 17.0. The van der Waals surface area contributed by atoms with E-state index in [9.17, 15) is 0 Å². The first-order valence-electron chi connectivity index (χ1n) is 9.62. The van der Waals surface area contributed by atoms with E-state index in [2.05, 4.69) is 74.9 Å². The fraction of sp³-hybridized carbons (Fsp3) is 0.217. The second-order valence-electron chi connectivity index (χ2n) is 7.13. The molecule has 0 radical (unpaired) electrons. The van der Waals surface area contributed by atoms with Crippen LogP contribution in [0.3, 0.4) is 0 Å². The van der Waals surface area contributed by atoms with E-state index >= 15 is 0 Å². The predicted molar refractivity (Wildman–Crippen MR) is 112 cm³/mol. The van der Waals surface area contributed by atoms with Crippen LogP contribution in [0.4, 0.5) is 5.95 Å². The van der Waals surface area contributed by atoms with Crippen molar-refractivity contribution in [2.45, 2.75) is 6.92 Å². The summed E-state index contributed by atoms with van der Waals surface area (Å²) < 4.78 is 7.71. The number of benzene rings is 2. The fourth-order valence-electron chi connectivity index (χ4n) is 3.76. The lowest BCUT2D eigenvalue weighted by Crippen LogP contribution is -2.37. The van der Waals surface area contributed by atoms with Crippen molar-refractivity contribution in [2.24, 2.45) is 0 Å². The second-order valence-corrected chi connectivity index (χ2v) is 7.13. The van der Waals surface area contributed by atoms with Gasteiger partial charge >= 0.3 is 0 Å². The summed E-state index contributed by atoms with van der Waals surface area (Å²) >= 11 is 0. The summed E-state index contributed by atoms with van der Waals surface area (Å²) in [4.78, 5) is 11.5. The topological polar surface area (TPSA) is 43.2 Å². The Morgan fingerprint density at radius 2 is 1.64 bits per heavy atom. The maximum Gasteiger partial charge on any atom is 0.225 e. The molecule has 5 rings (SSSR count). The van der Waals surface area contributed by atoms with E-state index in [4.69, 9.17) is 4.74 Å². The largest absolute Gasteiger partial charge is 0.378 e. The van der Waals surface area contributed by atoms with Gasteiger partial charge in [0.05, 0.1) is 24.4 Å². The molecule has 28 heavy (non-hydrogen) atoms. The van der Waals surface area contributed by atoms with Gasteiger partial charge in [-0.1, -0.05) is 30.3 Å². The van der Waals surface area contributed by atoms with Crippen molar-refractivity contribution >= 4 is 16.9 Å². The summed E-state index contributed by atoms with van der Waals surface area (Å²) in [5.41, 5.74) is 5.68. The molecule has 1 aliphatic heterocycles. The van der Waals surface area contributed by atoms with Crippen LogP contribution in [-0.2, 0) is 4.74 Å². The lowest BCUT2D eigenvalue weighted by molar-refractivity contribution is 0.122. The minimum Gasteiger partial charge on any atom is -0.378 e. The Kier molecular flexibility index (Phi) is 4.29. The fourth-order valence-corrected chi connectivity index (χ4v) is 3.76. The second kappa shape index (κ2) is 7.09. The number of rotatable bonds is 3.